The fourth-order valence-electron chi connectivity index (χ4n) is 1.16. The molecular weight excluding hydrogens is 186 g/mol. The van der Waals surface area contributed by atoms with Crippen molar-refractivity contribution in [3.8, 4) is 0 Å². The minimum Gasteiger partial charge on any atom is -0.354 e. The van der Waals surface area contributed by atoms with E-state index in [2.05, 4.69) is 6.92 Å². The van der Waals surface area contributed by atoms with Crippen molar-refractivity contribution in [2.24, 2.45) is 5.73 Å². The molecule has 0 saturated carbocycles. The molecule has 1 heterocycles. The van der Waals surface area contributed by atoms with Crippen molar-refractivity contribution in [2.75, 3.05) is 14.2 Å². The van der Waals surface area contributed by atoms with E-state index in [4.69, 9.17) is 15.2 Å². The van der Waals surface area contributed by atoms with Gasteiger partial charge in [-0.1, -0.05) is 0 Å². The largest absolute Gasteiger partial charge is 0.354 e. The molecule has 2 N–H and O–H groups in total. The average Bonchev–Trinajstić information content (AvgIpc) is 2.54. The van der Waals surface area contributed by atoms with E-state index in [9.17, 15) is 0 Å². The fourth-order valence-corrected chi connectivity index (χ4v) is 2.05. The van der Waals surface area contributed by atoms with Gasteiger partial charge in [-0.3, -0.25) is 0 Å². The highest BCUT2D eigenvalue weighted by atomic mass is 32.1. The molecule has 1 rings (SSSR count). The number of ether oxygens (including phenoxy) is 2. The number of rotatable bonds is 4. The number of hydrogen-bond donors (Lipinski definition) is 1. The molecule has 13 heavy (non-hydrogen) atoms. The van der Waals surface area contributed by atoms with Gasteiger partial charge in [0.2, 0.25) is 0 Å². The van der Waals surface area contributed by atoms with Crippen molar-refractivity contribution in [1.82, 2.24) is 0 Å². The van der Waals surface area contributed by atoms with Crippen molar-refractivity contribution in [3.63, 3.8) is 0 Å². The predicted molar refractivity (Wildman–Crippen MR) is 53.8 cm³/mol. The molecule has 1 aromatic rings. The van der Waals surface area contributed by atoms with E-state index >= 15 is 0 Å². The first-order valence-electron chi connectivity index (χ1n) is 4.06. The highest BCUT2D eigenvalue weighted by molar-refractivity contribution is 7.12. The molecule has 3 nitrogen and oxygen atoms in total. The van der Waals surface area contributed by atoms with Gasteiger partial charge < -0.3 is 15.2 Å². The van der Waals surface area contributed by atoms with Crippen LogP contribution in [0.4, 0.5) is 0 Å². The van der Waals surface area contributed by atoms with Crippen molar-refractivity contribution >= 4 is 11.3 Å². The monoisotopic (exact) mass is 201 g/mol. The van der Waals surface area contributed by atoms with Crippen LogP contribution < -0.4 is 5.73 Å². The van der Waals surface area contributed by atoms with E-state index in [0.29, 0.717) is 0 Å². The zero-order valence-corrected chi connectivity index (χ0v) is 8.93. The quantitative estimate of drug-likeness (QED) is 0.754. The fraction of sp³-hybridized carbons (Fsp3) is 0.556. The van der Waals surface area contributed by atoms with Crippen molar-refractivity contribution in [3.05, 3.63) is 21.9 Å². The maximum absolute atomic E-state index is 5.93. The molecule has 0 amide bonds. The van der Waals surface area contributed by atoms with Gasteiger partial charge in [-0.25, -0.2) is 0 Å². The number of methoxy groups -OCH3 is 2. The lowest BCUT2D eigenvalue weighted by molar-refractivity contribution is -0.116. The Kier molecular flexibility index (Phi) is 3.87. The standard InChI is InChI=1S/C9H15NO2S/c1-6-4-5-7(13-6)8(10)9(11-2)12-3/h4-5,8-9H,10H2,1-3H3. The van der Waals surface area contributed by atoms with Crippen LogP contribution in [0.1, 0.15) is 15.8 Å². The van der Waals surface area contributed by atoms with Crippen LogP contribution in [-0.4, -0.2) is 20.5 Å². The first-order chi connectivity index (χ1) is 6.19. The Morgan fingerprint density at radius 1 is 1.31 bits per heavy atom. The summed E-state index contributed by atoms with van der Waals surface area (Å²) in [6.45, 7) is 2.05. The second-order valence-electron chi connectivity index (χ2n) is 2.81. The molecule has 0 aliphatic carbocycles. The molecule has 0 aliphatic heterocycles. The number of hydrogen-bond acceptors (Lipinski definition) is 4. The molecule has 1 unspecified atom stereocenters. The van der Waals surface area contributed by atoms with Gasteiger partial charge in [-0.2, -0.15) is 0 Å². The number of aryl methyl sites for hydroxylation is 1. The van der Waals surface area contributed by atoms with E-state index in [1.807, 2.05) is 12.1 Å². The van der Waals surface area contributed by atoms with Crippen LogP contribution in [0.25, 0.3) is 0 Å². The molecule has 4 heteroatoms. The summed E-state index contributed by atoms with van der Waals surface area (Å²) in [5.41, 5.74) is 5.93. The summed E-state index contributed by atoms with van der Waals surface area (Å²) in [5.74, 6) is 0. The second-order valence-corrected chi connectivity index (χ2v) is 4.13. The van der Waals surface area contributed by atoms with Crippen molar-refractivity contribution < 1.29 is 9.47 Å². The molecule has 0 aliphatic rings. The minimum absolute atomic E-state index is 0.200. The summed E-state index contributed by atoms with van der Waals surface area (Å²) < 4.78 is 10.2. The second kappa shape index (κ2) is 4.72. The topological polar surface area (TPSA) is 44.5 Å². The molecule has 0 aromatic carbocycles. The van der Waals surface area contributed by atoms with Crippen LogP contribution in [0.5, 0.6) is 0 Å². The van der Waals surface area contributed by atoms with Crippen molar-refractivity contribution in [2.45, 2.75) is 19.3 Å². The molecule has 74 valence electrons. The van der Waals surface area contributed by atoms with Gasteiger partial charge in [0.15, 0.2) is 6.29 Å². The van der Waals surface area contributed by atoms with Gasteiger partial charge in [-0.05, 0) is 19.1 Å². The van der Waals surface area contributed by atoms with E-state index in [1.165, 1.54) is 4.88 Å². The van der Waals surface area contributed by atoms with Crippen molar-refractivity contribution in [1.29, 1.82) is 0 Å². The third-order valence-electron chi connectivity index (χ3n) is 1.85. The van der Waals surface area contributed by atoms with Crippen LogP contribution >= 0.6 is 11.3 Å². The van der Waals surface area contributed by atoms with Gasteiger partial charge in [0, 0.05) is 24.0 Å². The van der Waals surface area contributed by atoms with Crippen LogP contribution in [0.2, 0.25) is 0 Å². The molecule has 0 spiro atoms. The summed E-state index contributed by atoms with van der Waals surface area (Å²) in [7, 11) is 3.18. The van der Waals surface area contributed by atoms with Gasteiger partial charge >= 0.3 is 0 Å². The highest BCUT2D eigenvalue weighted by Gasteiger charge is 2.19. The summed E-state index contributed by atoms with van der Waals surface area (Å²) in [6, 6.07) is 3.85. The summed E-state index contributed by atoms with van der Waals surface area (Å²) in [6.07, 6.45) is -0.363. The lowest BCUT2D eigenvalue weighted by Crippen LogP contribution is -2.28. The van der Waals surface area contributed by atoms with E-state index < -0.39 is 0 Å². The molecule has 0 bridgehead atoms. The summed E-state index contributed by atoms with van der Waals surface area (Å²) in [5, 5.41) is 0. The summed E-state index contributed by atoms with van der Waals surface area (Å²) >= 11 is 1.67. The number of nitrogens with two attached hydrogens (primary N) is 1. The average molecular weight is 201 g/mol. The first-order valence-corrected chi connectivity index (χ1v) is 4.88. The lowest BCUT2D eigenvalue weighted by Gasteiger charge is -2.19. The normalized spacial score (nSPS) is 13.6. The van der Waals surface area contributed by atoms with Crippen LogP contribution in [0.15, 0.2) is 12.1 Å². The zero-order chi connectivity index (χ0) is 9.84. The molecule has 1 atom stereocenters. The highest BCUT2D eigenvalue weighted by Crippen LogP contribution is 2.24. The minimum atomic E-state index is -0.363. The van der Waals surface area contributed by atoms with Gasteiger partial charge in [-0.15, -0.1) is 11.3 Å². The van der Waals surface area contributed by atoms with E-state index in [0.717, 1.165) is 4.88 Å². The molecular formula is C9H15NO2S. The Hall–Kier alpha value is -0.420. The van der Waals surface area contributed by atoms with Gasteiger partial charge in [0.05, 0.1) is 6.04 Å². The Bertz CT molecular complexity index is 258. The molecule has 1 aromatic heterocycles. The maximum Gasteiger partial charge on any atom is 0.176 e. The number of thiophene rings is 1. The molecule has 0 saturated heterocycles. The molecule has 0 radical (unpaired) electrons. The van der Waals surface area contributed by atoms with Crippen LogP contribution in [-0.2, 0) is 9.47 Å². The Balaban J connectivity index is 2.71. The first kappa shape index (κ1) is 10.7. The maximum atomic E-state index is 5.93. The lowest BCUT2D eigenvalue weighted by atomic mass is 10.2. The van der Waals surface area contributed by atoms with Crippen LogP contribution in [0, 0.1) is 6.92 Å². The van der Waals surface area contributed by atoms with Gasteiger partial charge in [0.1, 0.15) is 0 Å². The Morgan fingerprint density at radius 2 is 1.92 bits per heavy atom. The third kappa shape index (κ3) is 2.51. The Labute approximate surface area is 82.5 Å². The molecule has 0 fully saturated rings. The van der Waals surface area contributed by atoms with Gasteiger partial charge in [0.25, 0.3) is 0 Å². The van der Waals surface area contributed by atoms with E-state index in [1.54, 1.807) is 25.6 Å². The third-order valence-corrected chi connectivity index (χ3v) is 2.95. The summed E-state index contributed by atoms with van der Waals surface area (Å²) in [4.78, 5) is 2.34. The zero-order valence-electron chi connectivity index (χ0n) is 8.11. The van der Waals surface area contributed by atoms with Crippen LogP contribution in [0.3, 0.4) is 0 Å². The SMILES string of the molecule is COC(OC)C(N)c1ccc(C)s1. The smallest absolute Gasteiger partial charge is 0.176 e. The van der Waals surface area contributed by atoms with E-state index in [-0.39, 0.29) is 12.3 Å². The predicted octanol–water partition coefficient (Wildman–Crippen LogP) is 1.68. The Morgan fingerprint density at radius 3 is 2.31 bits per heavy atom.